The van der Waals surface area contributed by atoms with Crippen molar-refractivity contribution in [1.29, 1.82) is 0 Å². The lowest BCUT2D eigenvalue weighted by Crippen LogP contribution is -2.21. The molecule has 2 unspecified atom stereocenters. The molecule has 114 valence electrons. The molecule has 0 fully saturated rings. The van der Waals surface area contributed by atoms with Gasteiger partial charge >= 0.3 is 0 Å². The van der Waals surface area contributed by atoms with Crippen molar-refractivity contribution < 1.29 is 5.11 Å². The number of hydrogen-bond donors (Lipinski definition) is 3. The molecule has 2 atom stereocenters. The van der Waals surface area contributed by atoms with Gasteiger partial charge < -0.3 is 16.2 Å². The van der Waals surface area contributed by atoms with Crippen LogP contribution in [-0.2, 0) is 0 Å². The van der Waals surface area contributed by atoms with Gasteiger partial charge in [-0.3, -0.25) is 0 Å². The first-order valence-corrected chi connectivity index (χ1v) is 7.86. The summed E-state index contributed by atoms with van der Waals surface area (Å²) in [4.78, 5) is 0. The molecule has 0 aromatic heterocycles. The molecule has 20 heavy (non-hydrogen) atoms. The first-order chi connectivity index (χ1) is 9.56. The van der Waals surface area contributed by atoms with E-state index in [0.29, 0.717) is 12.0 Å². The summed E-state index contributed by atoms with van der Waals surface area (Å²) < 4.78 is 0. The molecule has 3 heteroatoms. The summed E-state index contributed by atoms with van der Waals surface area (Å²) in [6.07, 6.45) is 5.02. The highest BCUT2D eigenvalue weighted by Crippen LogP contribution is 2.19. The SMILES string of the molecule is CCC(CC)C(O)CCCC(C)Nc1ccc(N)cc1. The van der Waals surface area contributed by atoms with Crippen LogP contribution in [0.1, 0.15) is 52.9 Å². The third-order valence-corrected chi connectivity index (χ3v) is 4.05. The van der Waals surface area contributed by atoms with Crippen molar-refractivity contribution in [2.24, 2.45) is 5.92 Å². The molecule has 3 nitrogen and oxygen atoms in total. The zero-order valence-electron chi connectivity index (χ0n) is 13.1. The van der Waals surface area contributed by atoms with E-state index in [1.807, 2.05) is 24.3 Å². The monoisotopic (exact) mass is 278 g/mol. The van der Waals surface area contributed by atoms with E-state index in [-0.39, 0.29) is 6.10 Å². The highest BCUT2D eigenvalue weighted by atomic mass is 16.3. The van der Waals surface area contributed by atoms with Crippen molar-refractivity contribution in [3.8, 4) is 0 Å². The number of anilines is 2. The summed E-state index contributed by atoms with van der Waals surface area (Å²) in [5, 5.41) is 13.6. The van der Waals surface area contributed by atoms with E-state index < -0.39 is 0 Å². The molecule has 4 N–H and O–H groups in total. The van der Waals surface area contributed by atoms with E-state index in [9.17, 15) is 5.11 Å². The van der Waals surface area contributed by atoms with Gasteiger partial charge in [-0.25, -0.2) is 0 Å². The lowest BCUT2D eigenvalue weighted by Gasteiger charge is -2.21. The predicted molar refractivity (Wildman–Crippen MR) is 87.9 cm³/mol. The number of nitrogens with two attached hydrogens (primary N) is 1. The van der Waals surface area contributed by atoms with Crippen molar-refractivity contribution in [2.45, 2.75) is 65.0 Å². The van der Waals surface area contributed by atoms with Crippen molar-refractivity contribution in [1.82, 2.24) is 0 Å². The Bertz CT molecular complexity index is 360. The molecule has 0 aliphatic carbocycles. The zero-order valence-corrected chi connectivity index (χ0v) is 13.1. The molecule has 0 saturated heterocycles. The highest BCUT2D eigenvalue weighted by molar-refractivity contribution is 5.51. The number of nitrogen functional groups attached to an aromatic ring is 1. The van der Waals surface area contributed by atoms with Gasteiger partial charge in [0.2, 0.25) is 0 Å². The number of nitrogens with one attached hydrogen (secondary N) is 1. The Balaban J connectivity index is 2.26. The maximum Gasteiger partial charge on any atom is 0.0568 e. The molecule has 1 aromatic carbocycles. The third-order valence-electron chi connectivity index (χ3n) is 4.05. The number of benzene rings is 1. The van der Waals surface area contributed by atoms with Gasteiger partial charge in [-0.15, -0.1) is 0 Å². The van der Waals surface area contributed by atoms with Crippen LogP contribution in [0.5, 0.6) is 0 Å². The average Bonchev–Trinajstić information content (AvgIpc) is 2.43. The van der Waals surface area contributed by atoms with Crippen LogP contribution in [0.4, 0.5) is 11.4 Å². The zero-order chi connectivity index (χ0) is 15.0. The predicted octanol–water partition coefficient (Wildman–Crippen LogP) is 4.04. The quantitative estimate of drug-likeness (QED) is 0.598. The first kappa shape index (κ1) is 16.8. The van der Waals surface area contributed by atoms with Gasteiger partial charge in [-0.05, 0) is 56.4 Å². The molecule has 0 bridgehead atoms. The molecule has 0 radical (unpaired) electrons. The minimum absolute atomic E-state index is 0.145. The minimum Gasteiger partial charge on any atom is -0.399 e. The first-order valence-electron chi connectivity index (χ1n) is 7.86. The third kappa shape index (κ3) is 5.83. The summed E-state index contributed by atoms with van der Waals surface area (Å²) >= 11 is 0. The molecule has 1 aromatic rings. The van der Waals surface area contributed by atoms with Crippen molar-refractivity contribution in [2.75, 3.05) is 11.1 Å². The van der Waals surface area contributed by atoms with E-state index in [0.717, 1.165) is 43.5 Å². The lowest BCUT2D eigenvalue weighted by atomic mass is 9.92. The smallest absolute Gasteiger partial charge is 0.0568 e. The van der Waals surface area contributed by atoms with Crippen LogP contribution in [0.2, 0.25) is 0 Å². The summed E-state index contributed by atoms with van der Waals surface area (Å²) in [7, 11) is 0. The van der Waals surface area contributed by atoms with E-state index >= 15 is 0 Å². The standard InChI is InChI=1S/C17H30N2O/c1-4-14(5-2)17(20)8-6-7-13(3)19-16-11-9-15(18)10-12-16/h9-14,17,19-20H,4-8,18H2,1-3H3. The fourth-order valence-electron chi connectivity index (χ4n) is 2.64. The van der Waals surface area contributed by atoms with Crippen molar-refractivity contribution in [3.05, 3.63) is 24.3 Å². The van der Waals surface area contributed by atoms with Crippen LogP contribution < -0.4 is 11.1 Å². The Morgan fingerprint density at radius 3 is 2.25 bits per heavy atom. The maximum atomic E-state index is 10.1. The second-order valence-electron chi connectivity index (χ2n) is 5.74. The van der Waals surface area contributed by atoms with Gasteiger partial charge in [-0.2, -0.15) is 0 Å². The fraction of sp³-hybridized carbons (Fsp3) is 0.647. The van der Waals surface area contributed by atoms with Crippen LogP contribution in [0, 0.1) is 5.92 Å². The molecule has 1 rings (SSSR count). The molecule has 0 aliphatic heterocycles. The molecule has 0 saturated carbocycles. The summed E-state index contributed by atoms with van der Waals surface area (Å²) in [5.74, 6) is 0.454. The van der Waals surface area contributed by atoms with Gasteiger partial charge in [0.15, 0.2) is 0 Å². The second kappa shape index (κ2) is 8.85. The normalized spacial score (nSPS) is 14.2. The van der Waals surface area contributed by atoms with Crippen molar-refractivity contribution >= 4 is 11.4 Å². The average molecular weight is 278 g/mol. The minimum atomic E-state index is -0.145. The molecule has 0 heterocycles. The van der Waals surface area contributed by atoms with Gasteiger partial charge in [0, 0.05) is 17.4 Å². The van der Waals surface area contributed by atoms with Gasteiger partial charge in [0.25, 0.3) is 0 Å². The van der Waals surface area contributed by atoms with Gasteiger partial charge in [0.05, 0.1) is 6.10 Å². The van der Waals surface area contributed by atoms with Crippen LogP contribution in [-0.4, -0.2) is 17.3 Å². The molecule has 0 spiro atoms. The largest absolute Gasteiger partial charge is 0.399 e. The van der Waals surface area contributed by atoms with E-state index in [4.69, 9.17) is 5.73 Å². The number of aliphatic hydroxyl groups is 1. The Labute approximate surface area is 123 Å². The van der Waals surface area contributed by atoms with E-state index in [1.54, 1.807) is 0 Å². The number of aliphatic hydroxyl groups excluding tert-OH is 1. The topological polar surface area (TPSA) is 58.3 Å². The molecule has 0 amide bonds. The maximum absolute atomic E-state index is 10.1. The van der Waals surface area contributed by atoms with Gasteiger partial charge in [0.1, 0.15) is 0 Å². The van der Waals surface area contributed by atoms with Crippen LogP contribution in [0.15, 0.2) is 24.3 Å². The van der Waals surface area contributed by atoms with Crippen LogP contribution in [0.25, 0.3) is 0 Å². The fourth-order valence-corrected chi connectivity index (χ4v) is 2.64. The Morgan fingerprint density at radius 1 is 1.10 bits per heavy atom. The van der Waals surface area contributed by atoms with E-state index in [1.165, 1.54) is 0 Å². The molecular formula is C17H30N2O. The Hall–Kier alpha value is -1.22. The summed E-state index contributed by atoms with van der Waals surface area (Å²) in [6, 6.07) is 8.24. The Kier molecular flexibility index (Phi) is 7.45. The molecular weight excluding hydrogens is 248 g/mol. The second-order valence-corrected chi connectivity index (χ2v) is 5.74. The lowest BCUT2D eigenvalue weighted by molar-refractivity contribution is 0.0913. The highest BCUT2D eigenvalue weighted by Gasteiger charge is 2.15. The van der Waals surface area contributed by atoms with Crippen LogP contribution >= 0.6 is 0 Å². The van der Waals surface area contributed by atoms with Crippen molar-refractivity contribution in [3.63, 3.8) is 0 Å². The Morgan fingerprint density at radius 2 is 1.70 bits per heavy atom. The van der Waals surface area contributed by atoms with Crippen LogP contribution in [0.3, 0.4) is 0 Å². The number of hydrogen-bond acceptors (Lipinski definition) is 3. The van der Waals surface area contributed by atoms with E-state index in [2.05, 4.69) is 26.1 Å². The number of rotatable bonds is 9. The summed E-state index contributed by atoms with van der Waals surface area (Å²) in [5.41, 5.74) is 7.56. The summed E-state index contributed by atoms with van der Waals surface area (Å²) in [6.45, 7) is 6.49. The molecule has 0 aliphatic rings. The van der Waals surface area contributed by atoms with Gasteiger partial charge in [-0.1, -0.05) is 26.7 Å².